The summed E-state index contributed by atoms with van der Waals surface area (Å²) in [5.41, 5.74) is 5.45. The fraction of sp³-hybridized carbons (Fsp3) is 0. The Morgan fingerprint density at radius 2 is 1.88 bits per heavy atom. The van der Waals surface area contributed by atoms with Crippen molar-refractivity contribution in [3.8, 4) is 11.6 Å². The first-order valence-electron chi connectivity index (χ1n) is 4.36. The highest BCUT2D eigenvalue weighted by molar-refractivity contribution is 5.42. The van der Waals surface area contributed by atoms with Crippen molar-refractivity contribution in [2.75, 3.05) is 5.73 Å². The van der Waals surface area contributed by atoms with Crippen molar-refractivity contribution in [3.05, 3.63) is 42.2 Å². The van der Waals surface area contributed by atoms with Gasteiger partial charge < -0.3 is 10.5 Å². The molecular weight excluding hydrogens is 216 g/mol. The van der Waals surface area contributed by atoms with E-state index in [9.17, 15) is 8.78 Å². The number of rotatable bonds is 2. The second-order valence-electron chi connectivity index (χ2n) is 2.92. The number of benzene rings is 1. The smallest absolute Gasteiger partial charge is 0.262 e. The zero-order valence-electron chi connectivity index (χ0n) is 8.02. The van der Waals surface area contributed by atoms with Gasteiger partial charge in [0.1, 0.15) is 5.82 Å². The molecule has 0 atom stereocenters. The molecule has 0 bridgehead atoms. The molecule has 1 heterocycles. The van der Waals surface area contributed by atoms with Gasteiger partial charge in [-0.15, -0.1) is 0 Å². The molecule has 0 saturated heterocycles. The first-order valence-corrected chi connectivity index (χ1v) is 4.36. The number of hydrogen-bond acceptors (Lipinski definition) is 4. The molecule has 0 fully saturated rings. The lowest BCUT2D eigenvalue weighted by molar-refractivity contribution is 0.424. The molecule has 0 saturated carbocycles. The summed E-state index contributed by atoms with van der Waals surface area (Å²) in [5, 5.41) is 0. The van der Waals surface area contributed by atoms with Crippen LogP contribution in [0.3, 0.4) is 0 Å². The topological polar surface area (TPSA) is 61.0 Å². The Bertz CT molecular complexity index is 519. The van der Waals surface area contributed by atoms with E-state index in [2.05, 4.69) is 9.97 Å². The fourth-order valence-corrected chi connectivity index (χ4v) is 1.08. The van der Waals surface area contributed by atoms with Crippen molar-refractivity contribution in [1.82, 2.24) is 9.97 Å². The summed E-state index contributed by atoms with van der Waals surface area (Å²) in [6, 6.07) is 2.94. The third kappa shape index (κ3) is 2.05. The average Bonchev–Trinajstić information content (AvgIpc) is 2.25. The van der Waals surface area contributed by atoms with Crippen LogP contribution in [0.5, 0.6) is 11.6 Å². The van der Waals surface area contributed by atoms with Gasteiger partial charge in [-0.3, -0.25) is 0 Å². The molecule has 1 aromatic heterocycles. The lowest BCUT2D eigenvalue weighted by Gasteiger charge is -2.06. The zero-order chi connectivity index (χ0) is 11.5. The monoisotopic (exact) mass is 223 g/mol. The summed E-state index contributed by atoms with van der Waals surface area (Å²) >= 11 is 0. The maximum Gasteiger partial charge on any atom is 0.262 e. The zero-order valence-corrected chi connectivity index (χ0v) is 8.02. The van der Waals surface area contributed by atoms with Crippen LogP contribution in [0.2, 0.25) is 0 Å². The molecule has 0 amide bonds. The van der Waals surface area contributed by atoms with E-state index in [1.54, 1.807) is 0 Å². The predicted molar refractivity (Wildman–Crippen MR) is 52.9 cm³/mol. The highest BCUT2D eigenvalue weighted by Gasteiger charge is 2.09. The third-order valence-electron chi connectivity index (χ3n) is 1.79. The van der Waals surface area contributed by atoms with E-state index in [0.29, 0.717) is 6.07 Å². The highest BCUT2D eigenvalue weighted by Crippen LogP contribution is 2.25. The van der Waals surface area contributed by atoms with Crippen LogP contribution in [0, 0.1) is 11.6 Å². The number of nitrogens with two attached hydrogens (primary N) is 1. The maximum absolute atomic E-state index is 13.2. The van der Waals surface area contributed by atoms with Crippen LogP contribution in [0.1, 0.15) is 0 Å². The van der Waals surface area contributed by atoms with Crippen LogP contribution in [-0.4, -0.2) is 9.97 Å². The molecule has 6 heteroatoms. The van der Waals surface area contributed by atoms with E-state index < -0.39 is 11.6 Å². The van der Waals surface area contributed by atoms with Crippen LogP contribution in [-0.2, 0) is 0 Å². The van der Waals surface area contributed by atoms with Crippen molar-refractivity contribution in [2.45, 2.75) is 0 Å². The molecule has 82 valence electrons. The van der Waals surface area contributed by atoms with Crippen molar-refractivity contribution < 1.29 is 13.5 Å². The summed E-state index contributed by atoms with van der Waals surface area (Å²) in [7, 11) is 0. The minimum absolute atomic E-state index is 0.0204. The SMILES string of the molecule is Nc1nccnc1Oc1ccc(F)cc1F. The molecule has 4 nitrogen and oxygen atoms in total. The second-order valence-corrected chi connectivity index (χ2v) is 2.92. The summed E-state index contributed by atoms with van der Waals surface area (Å²) in [6.45, 7) is 0. The number of ether oxygens (including phenoxy) is 1. The molecule has 0 unspecified atom stereocenters. The molecule has 0 aliphatic carbocycles. The summed E-state index contributed by atoms with van der Waals surface area (Å²) in [4.78, 5) is 7.48. The van der Waals surface area contributed by atoms with Gasteiger partial charge in [0.2, 0.25) is 0 Å². The van der Waals surface area contributed by atoms with E-state index in [1.807, 2.05) is 0 Å². The maximum atomic E-state index is 13.2. The average molecular weight is 223 g/mol. The van der Waals surface area contributed by atoms with E-state index in [0.717, 1.165) is 12.1 Å². The number of nitrogens with zero attached hydrogens (tertiary/aromatic N) is 2. The van der Waals surface area contributed by atoms with Gasteiger partial charge in [0.05, 0.1) is 0 Å². The predicted octanol–water partition coefficient (Wildman–Crippen LogP) is 2.13. The van der Waals surface area contributed by atoms with Gasteiger partial charge in [0.25, 0.3) is 5.88 Å². The molecule has 2 aromatic rings. The van der Waals surface area contributed by atoms with Crippen molar-refractivity contribution >= 4 is 5.82 Å². The minimum atomic E-state index is -0.829. The van der Waals surface area contributed by atoms with Gasteiger partial charge in [-0.25, -0.2) is 18.7 Å². The molecule has 0 radical (unpaired) electrons. The Morgan fingerprint density at radius 1 is 1.12 bits per heavy atom. The van der Waals surface area contributed by atoms with E-state index >= 15 is 0 Å². The molecule has 0 spiro atoms. The first-order chi connectivity index (χ1) is 7.66. The van der Waals surface area contributed by atoms with Gasteiger partial charge in [-0.1, -0.05) is 0 Å². The highest BCUT2D eigenvalue weighted by atomic mass is 19.1. The Morgan fingerprint density at radius 3 is 2.56 bits per heavy atom. The first kappa shape index (κ1) is 10.3. The van der Waals surface area contributed by atoms with Crippen molar-refractivity contribution in [3.63, 3.8) is 0 Å². The molecule has 0 aliphatic rings. The largest absolute Gasteiger partial charge is 0.433 e. The van der Waals surface area contributed by atoms with Gasteiger partial charge in [-0.2, -0.15) is 0 Å². The summed E-state index contributed by atoms with van der Waals surface area (Å²) in [5.74, 6) is -1.66. The molecule has 1 aromatic carbocycles. The number of hydrogen-bond donors (Lipinski definition) is 1. The van der Waals surface area contributed by atoms with Gasteiger partial charge in [0.15, 0.2) is 17.4 Å². The van der Waals surface area contributed by atoms with E-state index in [-0.39, 0.29) is 17.4 Å². The number of aromatic nitrogens is 2. The van der Waals surface area contributed by atoms with Gasteiger partial charge >= 0.3 is 0 Å². The lowest BCUT2D eigenvalue weighted by Crippen LogP contribution is -1.98. The minimum Gasteiger partial charge on any atom is -0.433 e. The van der Waals surface area contributed by atoms with Crippen LogP contribution in [0.15, 0.2) is 30.6 Å². The van der Waals surface area contributed by atoms with Gasteiger partial charge in [0, 0.05) is 18.5 Å². The quantitative estimate of drug-likeness (QED) is 0.847. The van der Waals surface area contributed by atoms with Crippen LogP contribution >= 0.6 is 0 Å². The lowest BCUT2D eigenvalue weighted by atomic mass is 10.3. The number of anilines is 1. The molecule has 0 aliphatic heterocycles. The van der Waals surface area contributed by atoms with E-state index in [1.165, 1.54) is 12.4 Å². The standard InChI is InChI=1S/C10H7F2N3O/c11-6-1-2-8(7(12)5-6)16-10-9(13)14-3-4-15-10/h1-5H,(H2,13,14). The summed E-state index contributed by atoms with van der Waals surface area (Å²) in [6.07, 6.45) is 2.73. The van der Waals surface area contributed by atoms with Crippen LogP contribution in [0.4, 0.5) is 14.6 Å². The third-order valence-corrected chi connectivity index (χ3v) is 1.79. The van der Waals surface area contributed by atoms with Crippen molar-refractivity contribution in [1.29, 1.82) is 0 Å². The normalized spacial score (nSPS) is 10.1. The number of nitrogen functional groups attached to an aromatic ring is 1. The van der Waals surface area contributed by atoms with Crippen molar-refractivity contribution in [2.24, 2.45) is 0 Å². The van der Waals surface area contributed by atoms with Crippen LogP contribution in [0.25, 0.3) is 0 Å². The fourth-order valence-electron chi connectivity index (χ4n) is 1.08. The molecule has 2 N–H and O–H groups in total. The molecule has 2 rings (SSSR count). The Labute approximate surface area is 89.7 Å². The van der Waals surface area contributed by atoms with E-state index in [4.69, 9.17) is 10.5 Å². The summed E-state index contributed by atoms with van der Waals surface area (Å²) < 4.78 is 30.9. The Balaban J connectivity index is 2.31. The second kappa shape index (κ2) is 4.09. The Hall–Kier alpha value is -2.24. The number of halogens is 2. The van der Waals surface area contributed by atoms with Gasteiger partial charge in [-0.05, 0) is 12.1 Å². The Kier molecular flexibility index (Phi) is 2.63. The molecular formula is C10H7F2N3O. The molecule has 16 heavy (non-hydrogen) atoms. The van der Waals surface area contributed by atoms with Crippen LogP contribution < -0.4 is 10.5 Å².